The Kier molecular flexibility index (Phi) is 5.06. The number of anilines is 2. The number of nitrogens with zero attached hydrogens (tertiary/aromatic N) is 2. The summed E-state index contributed by atoms with van der Waals surface area (Å²) >= 11 is 0. The summed E-state index contributed by atoms with van der Waals surface area (Å²) in [6, 6.07) is 13.1. The number of rotatable bonds is 5. The molecule has 6 heteroatoms. The predicted molar refractivity (Wildman–Crippen MR) is 89.9 cm³/mol. The third-order valence-corrected chi connectivity index (χ3v) is 3.61. The maximum Gasteiger partial charge on any atom is 0.263 e. The van der Waals surface area contributed by atoms with Gasteiger partial charge in [-0.25, -0.2) is 4.98 Å². The zero-order chi connectivity index (χ0) is 15.9. The highest BCUT2D eigenvalue weighted by molar-refractivity contribution is 5.91. The van der Waals surface area contributed by atoms with E-state index in [0.717, 1.165) is 31.9 Å². The van der Waals surface area contributed by atoms with Crippen LogP contribution in [0, 0.1) is 0 Å². The number of pyridine rings is 1. The van der Waals surface area contributed by atoms with Gasteiger partial charge in [0.2, 0.25) is 0 Å². The van der Waals surface area contributed by atoms with E-state index in [2.05, 4.69) is 20.5 Å². The van der Waals surface area contributed by atoms with Gasteiger partial charge in [-0.05, 0) is 24.3 Å². The summed E-state index contributed by atoms with van der Waals surface area (Å²) in [5, 5.41) is 6.05. The molecule has 1 aromatic carbocycles. The number of hydrogen-bond donors (Lipinski definition) is 2. The third-order valence-electron chi connectivity index (χ3n) is 3.61. The van der Waals surface area contributed by atoms with E-state index in [0.29, 0.717) is 11.6 Å². The predicted octanol–water partition coefficient (Wildman–Crippen LogP) is 1.51. The molecule has 6 nitrogen and oxygen atoms in total. The number of hydrogen-bond acceptors (Lipinski definition) is 5. The SMILES string of the molecule is O=C(COc1ccccc1)Nc1ccc(N2CCNCC2)cn1. The molecule has 120 valence electrons. The highest BCUT2D eigenvalue weighted by Gasteiger charge is 2.11. The molecule has 0 bridgehead atoms. The first-order chi connectivity index (χ1) is 11.3. The molecule has 1 saturated heterocycles. The minimum absolute atomic E-state index is 0.0365. The Morgan fingerprint density at radius 3 is 2.65 bits per heavy atom. The second kappa shape index (κ2) is 7.60. The zero-order valence-corrected chi connectivity index (χ0v) is 12.9. The average Bonchev–Trinajstić information content (AvgIpc) is 2.62. The van der Waals surface area contributed by atoms with Crippen LogP contribution in [0.5, 0.6) is 5.75 Å². The van der Waals surface area contributed by atoms with Crippen molar-refractivity contribution in [3.05, 3.63) is 48.7 Å². The number of carbonyl (C=O) groups excluding carboxylic acids is 1. The molecule has 0 aliphatic carbocycles. The van der Waals surface area contributed by atoms with Crippen LogP contribution in [0.2, 0.25) is 0 Å². The number of nitrogens with one attached hydrogen (secondary N) is 2. The summed E-state index contributed by atoms with van der Waals surface area (Å²) < 4.78 is 5.40. The molecule has 2 N–H and O–H groups in total. The van der Waals surface area contributed by atoms with Crippen molar-refractivity contribution in [1.82, 2.24) is 10.3 Å². The Bertz CT molecular complexity index is 625. The second-order valence-corrected chi connectivity index (χ2v) is 5.29. The Labute approximate surface area is 135 Å². The number of benzene rings is 1. The molecule has 2 aromatic rings. The van der Waals surface area contributed by atoms with Gasteiger partial charge in [-0.1, -0.05) is 18.2 Å². The summed E-state index contributed by atoms with van der Waals surface area (Å²) in [7, 11) is 0. The molecule has 0 atom stereocenters. The Hall–Kier alpha value is -2.60. The van der Waals surface area contributed by atoms with Crippen LogP contribution >= 0.6 is 0 Å². The quantitative estimate of drug-likeness (QED) is 0.876. The van der Waals surface area contributed by atoms with Crippen molar-refractivity contribution in [3.63, 3.8) is 0 Å². The van der Waals surface area contributed by atoms with Gasteiger partial charge in [-0.15, -0.1) is 0 Å². The monoisotopic (exact) mass is 312 g/mol. The van der Waals surface area contributed by atoms with Crippen LogP contribution in [0.1, 0.15) is 0 Å². The van der Waals surface area contributed by atoms with E-state index in [1.807, 2.05) is 42.5 Å². The lowest BCUT2D eigenvalue weighted by atomic mass is 10.3. The fourth-order valence-corrected chi connectivity index (χ4v) is 2.41. The molecule has 3 rings (SSSR count). The van der Waals surface area contributed by atoms with Gasteiger partial charge in [-0.2, -0.15) is 0 Å². The second-order valence-electron chi connectivity index (χ2n) is 5.29. The van der Waals surface area contributed by atoms with Crippen LogP contribution in [0.15, 0.2) is 48.7 Å². The largest absolute Gasteiger partial charge is 0.484 e. The van der Waals surface area contributed by atoms with Crippen molar-refractivity contribution >= 4 is 17.4 Å². The molecule has 1 aliphatic rings. The number of carbonyl (C=O) groups is 1. The lowest BCUT2D eigenvalue weighted by Crippen LogP contribution is -2.43. The van der Waals surface area contributed by atoms with E-state index in [1.54, 1.807) is 6.20 Å². The van der Waals surface area contributed by atoms with Crippen molar-refractivity contribution in [2.45, 2.75) is 0 Å². The van der Waals surface area contributed by atoms with Crippen LogP contribution in [0.25, 0.3) is 0 Å². The number of piperazine rings is 1. The van der Waals surface area contributed by atoms with Gasteiger partial charge in [0.05, 0.1) is 11.9 Å². The van der Waals surface area contributed by atoms with Crippen LogP contribution in [-0.4, -0.2) is 43.7 Å². The summed E-state index contributed by atoms with van der Waals surface area (Å²) in [4.78, 5) is 18.4. The average molecular weight is 312 g/mol. The highest BCUT2D eigenvalue weighted by atomic mass is 16.5. The molecule has 1 aliphatic heterocycles. The number of aromatic nitrogens is 1. The summed E-state index contributed by atoms with van der Waals surface area (Å²) in [6.45, 7) is 3.87. The van der Waals surface area contributed by atoms with Crippen molar-refractivity contribution in [2.75, 3.05) is 43.0 Å². The molecule has 0 spiro atoms. The lowest BCUT2D eigenvalue weighted by Gasteiger charge is -2.29. The fourth-order valence-electron chi connectivity index (χ4n) is 2.41. The first-order valence-corrected chi connectivity index (χ1v) is 7.71. The molecular weight excluding hydrogens is 292 g/mol. The van der Waals surface area contributed by atoms with E-state index < -0.39 is 0 Å². The number of para-hydroxylation sites is 1. The standard InChI is InChI=1S/C17H20N4O2/c22-17(13-23-15-4-2-1-3-5-15)20-16-7-6-14(12-19-16)21-10-8-18-9-11-21/h1-7,12,18H,8-11,13H2,(H,19,20,22). The van der Waals surface area contributed by atoms with Crippen molar-refractivity contribution in [3.8, 4) is 5.75 Å². The molecule has 2 heterocycles. The van der Waals surface area contributed by atoms with E-state index >= 15 is 0 Å². The van der Waals surface area contributed by atoms with Gasteiger partial charge in [0, 0.05) is 26.2 Å². The molecule has 1 amide bonds. The van der Waals surface area contributed by atoms with Gasteiger partial charge in [0.1, 0.15) is 11.6 Å². The van der Waals surface area contributed by atoms with E-state index in [-0.39, 0.29) is 12.5 Å². The van der Waals surface area contributed by atoms with Crippen LogP contribution in [-0.2, 0) is 4.79 Å². The lowest BCUT2D eigenvalue weighted by molar-refractivity contribution is -0.118. The number of amides is 1. The molecule has 0 radical (unpaired) electrons. The number of ether oxygens (including phenoxy) is 1. The van der Waals surface area contributed by atoms with Gasteiger partial charge in [-0.3, -0.25) is 4.79 Å². The van der Waals surface area contributed by atoms with Gasteiger partial charge < -0.3 is 20.3 Å². The first kappa shape index (κ1) is 15.3. The summed E-state index contributed by atoms with van der Waals surface area (Å²) in [5.74, 6) is 0.978. The molecule has 0 saturated carbocycles. The Balaban J connectivity index is 1.50. The Morgan fingerprint density at radius 2 is 1.96 bits per heavy atom. The molecule has 0 unspecified atom stereocenters. The van der Waals surface area contributed by atoms with Crippen molar-refractivity contribution < 1.29 is 9.53 Å². The van der Waals surface area contributed by atoms with Crippen molar-refractivity contribution in [2.24, 2.45) is 0 Å². The molecule has 1 aromatic heterocycles. The smallest absolute Gasteiger partial charge is 0.263 e. The minimum atomic E-state index is -0.226. The summed E-state index contributed by atoms with van der Waals surface area (Å²) in [5.41, 5.74) is 1.07. The maximum atomic E-state index is 11.9. The maximum absolute atomic E-state index is 11.9. The van der Waals surface area contributed by atoms with E-state index in [4.69, 9.17) is 4.74 Å². The van der Waals surface area contributed by atoms with Crippen LogP contribution < -0.4 is 20.3 Å². The molecule has 23 heavy (non-hydrogen) atoms. The Morgan fingerprint density at radius 1 is 1.17 bits per heavy atom. The zero-order valence-electron chi connectivity index (χ0n) is 12.9. The third kappa shape index (κ3) is 4.43. The van der Waals surface area contributed by atoms with Crippen LogP contribution in [0.4, 0.5) is 11.5 Å². The summed E-state index contributed by atoms with van der Waals surface area (Å²) in [6.07, 6.45) is 1.79. The topological polar surface area (TPSA) is 66.5 Å². The van der Waals surface area contributed by atoms with Crippen molar-refractivity contribution in [1.29, 1.82) is 0 Å². The van der Waals surface area contributed by atoms with E-state index in [9.17, 15) is 4.79 Å². The molecular formula is C17H20N4O2. The first-order valence-electron chi connectivity index (χ1n) is 7.71. The minimum Gasteiger partial charge on any atom is -0.484 e. The van der Waals surface area contributed by atoms with Gasteiger partial charge in [0.15, 0.2) is 6.61 Å². The highest BCUT2D eigenvalue weighted by Crippen LogP contribution is 2.15. The van der Waals surface area contributed by atoms with Crippen LogP contribution in [0.3, 0.4) is 0 Å². The normalized spacial score (nSPS) is 14.3. The van der Waals surface area contributed by atoms with Gasteiger partial charge >= 0.3 is 0 Å². The fraction of sp³-hybridized carbons (Fsp3) is 0.294. The van der Waals surface area contributed by atoms with E-state index in [1.165, 1.54) is 0 Å². The molecule has 1 fully saturated rings. The van der Waals surface area contributed by atoms with Gasteiger partial charge in [0.25, 0.3) is 5.91 Å².